The Balaban J connectivity index is 3.86. The van der Waals surface area contributed by atoms with Crippen molar-refractivity contribution in [1.29, 1.82) is 0 Å². The average Bonchev–Trinajstić information content (AvgIpc) is 1.83. The van der Waals surface area contributed by atoms with Crippen LogP contribution in [0.15, 0.2) is 12.2 Å². The van der Waals surface area contributed by atoms with Gasteiger partial charge in [-0.1, -0.05) is 0 Å². The van der Waals surface area contributed by atoms with Gasteiger partial charge < -0.3 is 0 Å². The van der Waals surface area contributed by atoms with Crippen LogP contribution in [0, 0.1) is 0 Å². The molecule has 0 amide bonds. The fourth-order valence-electron chi connectivity index (χ4n) is 0.370. The molecular formula is C7H12B2. The van der Waals surface area contributed by atoms with Gasteiger partial charge >= 0.3 is 58.2 Å². The van der Waals surface area contributed by atoms with E-state index in [9.17, 15) is 0 Å². The van der Waals surface area contributed by atoms with Crippen LogP contribution in [-0.2, 0) is 0 Å². The van der Waals surface area contributed by atoms with Crippen LogP contribution in [0.3, 0.4) is 0 Å². The zero-order valence-corrected chi connectivity index (χ0v) is 6.44. The first kappa shape index (κ1) is 8.61. The first-order valence-electron chi connectivity index (χ1n) is 3.13. The molecule has 0 radical (unpaired) electrons. The minimum atomic E-state index is 1.09. The summed E-state index contributed by atoms with van der Waals surface area (Å²) >= 11 is 0. The summed E-state index contributed by atoms with van der Waals surface area (Å²) in [5.41, 5.74) is 2.37. The van der Waals surface area contributed by atoms with Crippen molar-refractivity contribution in [2.24, 2.45) is 0 Å². The van der Waals surface area contributed by atoms with Gasteiger partial charge in [-0.15, -0.1) is 0 Å². The van der Waals surface area contributed by atoms with E-state index in [0.29, 0.717) is 0 Å². The van der Waals surface area contributed by atoms with Gasteiger partial charge in [0.15, 0.2) is 0 Å². The Bertz CT molecular complexity index is 154. The van der Waals surface area contributed by atoms with Gasteiger partial charge in [0.2, 0.25) is 0 Å². The van der Waals surface area contributed by atoms with Gasteiger partial charge in [0.25, 0.3) is 0 Å². The van der Waals surface area contributed by atoms with E-state index in [1.165, 1.54) is 5.46 Å². The standard InChI is InChI=1S/C7H12B2/c1-6(8)4-5-7(2)9-3/h4-5,8H,1-3H3/b5-4-. The number of allylic oxidation sites excluding steroid dienone is 2. The monoisotopic (exact) mass is 118 g/mol. The van der Waals surface area contributed by atoms with Crippen LogP contribution in [-0.4, -0.2) is 25.3 Å². The molecule has 0 unspecified atom stereocenters. The summed E-state index contributed by atoms with van der Waals surface area (Å²) in [7, 11) is 3.75. The minimum absolute atomic E-state index is 1.09. The summed E-state index contributed by atoms with van der Waals surface area (Å²) in [4.78, 5) is 0. The molecule has 0 bridgehead atoms. The molecule has 0 saturated heterocycles. The predicted octanol–water partition coefficient (Wildman–Crippen LogP) is 0.580. The maximum atomic E-state index is 3.75. The Kier molecular flexibility index (Phi) is 4.29. The van der Waals surface area contributed by atoms with Crippen molar-refractivity contribution in [3.63, 3.8) is 0 Å². The third kappa shape index (κ3) is 5.48. The molecule has 2 heteroatoms. The summed E-state index contributed by atoms with van der Waals surface area (Å²) in [6.07, 6.45) is 4.07. The molecule has 0 aromatic heterocycles. The Morgan fingerprint density at radius 3 is 2.22 bits per heavy atom. The molecule has 0 saturated carbocycles. The zero-order chi connectivity index (χ0) is 7.28. The maximum absolute atomic E-state index is 3.75. The van der Waals surface area contributed by atoms with E-state index in [1.54, 1.807) is 0 Å². The summed E-state index contributed by atoms with van der Waals surface area (Å²) in [5, 5.41) is 0. The third-order valence-corrected chi connectivity index (χ3v) is 1.09. The van der Waals surface area contributed by atoms with E-state index in [4.69, 9.17) is 0 Å². The molecule has 0 spiro atoms. The Hall–Kier alpha value is -0.390. The van der Waals surface area contributed by atoms with Crippen LogP contribution in [0.4, 0.5) is 0 Å². The van der Waals surface area contributed by atoms with Crippen LogP contribution in [0.25, 0.3) is 0 Å². The van der Waals surface area contributed by atoms with Gasteiger partial charge in [0.05, 0.1) is 0 Å². The number of hydrogen-bond donors (Lipinski definition) is 0. The summed E-state index contributed by atoms with van der Waals surface area (Å²) in [6.45, 7) is 8.15. The molecule has 0 atom stereocenters. The van der Waals surface area contributed by atoms with Gasteiger partial charge in [-0.25, -0.2) is 0 Å². The second-order valence-corrected chi connectivity index (χ2v) is 2.21. The van der Waals surface area contributed by atoms with Gasteiger partial charge in [-0.05, 0) is 0 Å². The van der Waals surface area contributed by atoms with E-state index >= 15 is 0 Å². The van der Waals surface area contributed by atoms with Crippen molar-refractivity contribution in [3.05, 3.63) is 12.2 Å². The zero-order valence-electron chi connectivity index (χ0n) is 6.44. The summed E-state index contributed by atoms with van der Waals surface area (Å²) < 4.78 is 0. The summed E-state index contributed by atoms with van der Waals surface area (Å²) in [6, 6.07) is 0. The fourth-order valence-corrected chi connectivity index (χ4v) is 0.370. The fraction of sp³-hybridized carbons (Fsp3) is 0.429. The Morgan fingerprint density at radius 2 is 1.89 bits per heavy atom. The molecule has 0 aromatic rings. The van der Waals surface area contributed by atoms with Crippen molar-refractivity contribution < 1.29 is 0 Å². The molecular weight excluding hydrogens is 106 g/mol. The van der Waals surface area contributed by atoms with Crippen molar-refractivity contribution in [1.82, 2.24) is 0 Å². The quantitative estimate of drug-likeness (QED) is 0.465. The van der Waals surface area contributed by atoms with Crippen molar-refractivity contribution in [2.75, 3.05) is 0 Å². The van der Waals surface area contributed by atoms with Crippen molar-refractivity contribution in [2.45, 2.75) is 20.7 Å². The van der Waals surface area contributed by atoms with Crippen LogP contribution in [0.2, 0.25) is 6.82 Å². The summed E-state index contributed by atoms with van der Waals surface area (Å²) in [5.74, 6) is 0. The molecule has 0 aliphatic carbocycles. The third-order valence-electron chi connectivity index (χ3n) is 1.09. The van der Waals surface area contributed by atoms with Crippen LogP contribution in [0.5, 0.6) is 0 Å². The number of rotatable bonds is 2. The van der Waals surface area contributed by atoms with Crippen LogP contribution in [0.1, 0.15) is 13.8 Å². The Labute approximate surface area is 59.0 Å². The van der Waals surface area contributed by atoms with Gasteiger partial charge in [-0.3, -0.25) is 0 Å². The van der Waals surface area contributed by atoms with Crippen molar-refractivity contribution >= 4 is 25.3 Å². The van der Waals surface area contributed by atoms with Crippen molar-refractivity contribution in [3.8, 4) is 0 Å². The van der Waals surface area contributed by atoms with E-state index in [1.807, 2.05) is 19.8 Å². The molecule has 0 fully saturated rings. The Morgan fingerprint density at radius 1 is 1.33 bits per heavy atom. The van der Waals surface area contributed by atoms with Gasteiger partial charge in [-0.2, -0.15) is 0 Å². The van der Waals surface area contributed by atoms with Gasteiger partial charge in [0.1, 0.15) is 0 Å². The van der Waals surface area contributed by atoms with E-state index in [2.05, 4.69) is 27.4 Å². The molecule has 0 rings (SSSR count). The second-order valence-electron chi connectivity index (χ2n) is 2.21. The second kappa shape index (κ2) is 4.49. The van der Waals surface area contributed by atoms with E-state index < -0.39 is 0 Å². The first-order chi connectivity index (χ1) is 4.16. The first-order valence-corrected chi connectivity index (χ1v) is 3.13. The molecule has 0 N–H and O–H groups in total. The van der Waals surface area contributed by atoms with E-state index in [0.717, 1.165) is 5.46 Å². The molecule has 0 aliphatic heterocycles. The van der Waals surface area contributed by atoms with Gasteiger partial charge in [0, 0.05) is 0 Å². The van der Waals surface area contributed by atoms with E-state index in [-0.39, 0.29) is 0 Å². The normalized spacial score (nSPS) is 11.6. The van der Waals surface area contributed by atoms with Crippen LogP contribution < -0.4 is 0 Å². The molecule has 0 nitrogen and oxygen atoms in total. The molecule has 0 heterocycles. The van der Waals surface area contributed by atoms with Crippen LogP contribution >= 0.6 is 0 Å². The number of hydrogen-bond acceptors (Lipinski definition) is 0. The molecule has 46 valence electrons. The average molecular weight is 118 g/mol. The topological polar surface area (TPSA) is 0 Å². The molecule has 0 aliphatic rings. The SMILES string of the molecule is B=C(C)/C=C\C(C)=B/C. The predicted molar refractivity (Wildman–Crippen MR) is 49.3 cm³/mol. The molecule has 9 heavy (non-hydrogen) atoms. The molecule has 0 aromatic carbocycles.